The number of nitrogens with zero attached hydrogens (tertiary/aromatic N) is 3. The summed E-state index contributed by atoms with van der Waals surface area (Å²) in [6.07, 6.45) is 0.0621. The number of rotatable bonds is 5. The van der Waals surface area contributed by atoms with Crippen molar-refractivity contribution in [1.29, 1.82) is 0 Å². The van der Waals surface area contributed by atoms with E-state index >= 15 is 0 Å². The highest BCUT2D eigenvalue weighted by atomic mass is 35.5. The fourth-order valence-electron chi connectivity index (χ4n) is 2.20. The largest absolute Gasteiger partial charge is 0.457 e. The van der Waals surface area contributed by atoms with Gasteiger partial charge in [0.25, 0.3) is 5.56 Å². The number of hydrogen-bond donors (Lipinski definition) is 0. The Kier molecular flexibility index (Phi) is 5.41. The van der Waals surface area contributed by atoms with E-state index in [9.17, 15) is 9.18 Å². The van der Waals surface area contributed by atoms with Gasteiger partial charge in [0.1, 0.15) is 5.75 Å². The summed E-state index contributed by atoms with van der Waals surface area (Å²) in [5, 5.41) is 4.89. The van der Waals surface area contributed by atoms with E-state index in [0.717, 1.165) is 5.56 Å². The van der Waals surface area contributed by atoms with Crippen LogP contribution >= 0.6 is 20.8 Å². The minimum absolute atomic E-state index is 0.233. The fraction of sp³-hybridized carbons (Fsp3) is 0.118. The average molecular weight is 378 g/mol. The molecule has 0 amide bonds. The molecule has 0 saturated heterocycles. The predicted molar refractivity (Wildman–Crippen MR) is 97.5 cm³/mol. The first-order chi connectivity index (χ1) is 12.0. The molecule has 2 aromatic heterocycles. The average Bonchev–Trinajstić information content (AvgIpc) is 2.59. The molecule has 5 nitrogen and oxygen atoms in total. The first-order valence-corrected chi connectivity index (χ1v) is 8.41. The number of aromatic nitrogens is 3. The molecule has 2 heterocycles. The summed E-state index contributed by atoms with van der Waals surface area (Å²) in [7, 11) is 1.92. The van der Waals surface area contributed by atoms with Gasteiger partial charge in [-0.2, -0.15) is 9.49 Å². The van der Waals surface area contributed by atoms with Crippen molar-refractivity contribution in [2.24, 2.45) is 0 Å². The van der Waals surface area contributed by atoms with Crippen LogP contribution in [0.2, 0.25) is 5.02 Å². The quantitative estimate of drug-likeness (QED) is 0.638. The molecule has 2 unspecified atom stereocenters. The van der Waals surface area contributed by atoms with Crippen molar-refractivity contribution in [3.8, 4) is 17.0 Å². The lowest BCUT2D eigenvalue weighted by molar-refractivity contribution is 0.153. The summed E-state index contributed by atoms with van der Waals surface area (Å²) in [5.41, 5.74) is 1.84. The first kappa shape index (κ1) is 17.5. The van der Waals surface area contributed by atoms with E-state index in [2.05, 4.69) is 10.1 Å². The Morgan fingerprint density at radius 2 is 1.92 bits per heavy atom. The molecule has 0 fully saturated rings. The molecule has 3 rings (SSSR count). The summed E-state index contributed by atoms with van der Waals surface area (Å²) >= 11 is 5.81. The Labute approximate surface area is 150 Å². The van der Waals surface area contributed by atoms with Gasteiger partial charge in [-0.15, -0.1) is 0 Å². The number of halogens is 2. The summed E-state index contributed by atoms with van der Waals surface area (Å²) < 4.78 is 19.1. The van der Waals surface area contributed by atoms with Gasteiger partial charge in [0.05, 0.1) is 23.0 Å². The highest BCUT2D eigenvalue weighted by Crippen LogP contribution is 2.22. The van der Waals surface area contributed by atoms with Crippen LogP contribution < -0.4 is 10.3 Å². The maximum absolute atomic E-state index is 12.8. The molecule has 0 aliphatic rings. The summed E-state index contributed by atoms with van der Waals surface area (Å²) in [6.45, 7) is 0.238. The van der Waals surface area contributed by atoms with Crippen LogP contribution in [0.25, 0.3) is 11.3 Å². The molecule has 0 aliphatic heterocycles. The molecule has 25 heavy (non-hydrogen) atoms. The number of hydrogen-bond acceptors (Lipinski definition) is 4. The lowest BCUT2D eigenvalue weighted by Gasteiger charge is -2.09. The van der Waals surface area contributed by atoms with Crippen LogP contribution in [-0.4, -0.2) is 20.9 Å². The number of pyridine rings is 1. The van der Waals surface area contributed by atoms with Crippen LogP contribution in [0, 0.1) is 0 Å². The van der Waals surface area contributed by atoms with Gasteiger partial charge < -0.3 is 4.74 Å². The van der Waals surface area contributed by atoms with Gasteiger partial charge in [-0.25, -0.2) is 4.68 Å². The maximum Gasteiger partial charge on any atom is 0.267 e. The van der Waals surface area contributed by atoms with Gasteiger partial charge in [-0.3, -0.25) is 9.78 Å². The number of ether oxygens (including phenoxy) is 1. The molecule has 0 radical (unpaired) electrons. The van der Waals surface area contributed by atoms with Crippen molar-refractivity contribution in [2.75, 3.05) is 0 Å². The number of alkyl halides is 1. The van der Waals surface area contributed by atoms with Crippen LogP contribution in [0.4, 0.5) is 4.39 Å². The van der Waals surface area contributed by atoms with Crippen molar-refractivity contribution in [3.63, 3.8) is 0 Å². The Morgan fingerprint density at radius 3 is 2.56 bits per heavy atom. The molecular weight excluding hydrogens is 364 g/mol. The second-order valence-corrected chi connectivity index (χ2v) is 6.14. The topological polar surface area (TPSA) is 57.0 Å². The zero-order chi connectivity index (χ0) is 17.8. The second-order valence-electron chi connectivity index (χ2n) is 5.18. The Hall–Kier alpha value is -2.30. The van der Waals surface area contributed by atoms with E-state index < -0.39 is 6.10 Å². The van der Waals surface area contributed by atoms with E-state index in [1.165, 1.54) is 16.9 Å². The molecule has 8 heteroatoms. The third-order valence-corrected chi connectivity index (χ3v) is 3.73. The summed E-state index contributed by atoms with van der Waals surface area (Å²) in [6, 6.07) is 13.3. The zero-order valence-corrected chi connectivity index (χ0v) is 14.9. The molecule has 1 aromatic carbocycles. The van der Waals surface area contributed by atoms with E-state index in [0.29, 0.717) is 22.2 Å². The van der Waals surface area contributed by atoms with Crippen LogP contribution in [-0.2, 0) is 6.54 Å². The highest BCUT2D eigenvalue weighted by molar-refractivity contribution is 7.16. The molecule has 0 saturated carbocycles. The molecule has 2 atom stereocenters. The predicted octanol–water partition coefficient (Wildman–Crippen LogP) is 3.51. The van der Waals surface area contributed by atoms with Gasteiger partial charge in [0.2, 0.25) is 6.10 Å². The van der Waals surface area contributed by atoms with Crippen LogP contribution in [0.15, 0.2) is 59.5 Å². The molecule has 0 spiro atoms. The lowest BCUT2D eigenvalue weighted by Crippen LogP contribution is -2.23. The Balaban J connectivity index is 1.85. The molecule has 0 N–H and O–H groups in total. The number of benzene rings is 1. The normalized spacial score (nSPS) is 12.0. The molecular formula is C17H14ClFN3O2P. The Bertz CT molecular complexity index is 914. The minimum atomic E-state index is -1.46. The summed E-state index contributed by atoms with van der Waals surface area (Å²) in [5.74, 6) is 0.407. The van der Waals surface area contributed by atoms with Crippen LogP contribution in [0.1, 0.15) is 5.69 Å². The molecule has 3 aromatic rings. The fourth-order valence-corrected chi connectivity index (χ4v) is 2.47. The summed E-state index contributed by atoms with van der Waals surface area (Å²) in [4.78, 5) is 16.2. The molecule has 0 aliphatic carbocycles. The van der Waals surface area contributed by atoms with Gasteiger partial charge in [-0.05, 0) is 42.5 Å². The van der Waals surface area contributed by atoms with Crippen molar-refractivity contribution in [1.82, 2.24) is 14.8 Å². The van der Waals surface area contributed by atoms with Crippen molar-refractivity contribution in [3.05, 3.63) is 75.8 Å². The first-order valence-electron chi connectivity index (χ1n) is 7.36. The standard InChI is InChI=1S/C17H14ClFN3O2P/c18-12-3-4-13(20-9-12)10-22-16(23)8-7-15(21-22)11-1-5-14(6-2-11)24-17(19)25/h1-9,17H,10,25H2. The zero-order valence-electron chi connectivity index (χ0n) is 13.0. The van der Waals surface area contributed by atoms with Crippen molar-refractivity contribution in [2.45, 2.75) is 12.6 Å². The molecule has 128 valence electrons. The third kappa shape index (κ3) is 4.62. The third-order valence-electron chi connectivity index (χ3n) is 3.37. The van der Waals surface area contributed by atoms with Crippen molar-refractivity contribution >= 4 is 20.8 Å². The van der Waals surface area contributed by atoms with Gasteiger partial charge in [0, 0.05) is 17.8 Å². The van der Waals surface area contributed by atoms with Gasteiger partial charge >= 0.3 is 0 Å². The van der Waals surface area contributed by atoms with E-state index in [1.807, 2.05) is 9.24 Å². The van der Waals surface area contributed by atoms with Gasteiger partial charge in [0.15, 0.2) is 0 Å². The Morgan fingerprint density at radius 1 is 1.16 bits per heavy atom. The van der Waals surface area contributed by atoms with Crippen molar-refractivity contribution < 1.29 is 9.13 Å². The van der Waals surface area contributed by atoms with E-state index in [1.54, 1.807) is 42.5 Å². The smallest absolute Gasteiger partial charge is 0.267 e. The maximum atomic E-state index is 12.8. The molecule has 0 bridgehead atoms. The van der Waals surface area contributed by atoms with E-state index in [4.69, 9.17) is 16.3 Å². The lowest BCUT2D eigenvalue weighted by atomic mass is 10.1. The van der Waals surface area contributed by atoms with Gasteiger partial charge in [-0.1, -0.05) is 20.8 Å². The monoisotopic (exact) mass is 377 g/mol. The van der Waals surface area contributed by atoms with Crippen LogP contribution in [0.5, 0.6) is 5.75 Å². The highest BCUT2D eigenvalue weighted by Gasteiger charge is 2.06. The second kappa shape index (κ2) is 7.72. The minimum Gasteiger partial charge on any atom is -0.457 e. The SMILES string of the molecule is O=c1ccc(-c2ccc(OC(F)P)cc2)nn1Cc1ccc(Cl)cn1. The van der Waals surface area contributed by atoms with Crippen LogP contribution in [0.3, 0.4) is 0 Å². The van der Waals surface area contributed by atoms with E-state index in [-0.39, 0.29) is 12.1 Å².